The number of hydrogen-bond donors (Lipinski definition) is 1. The van der Waals surface area contributed by atoms with Crippen LogP contribution in [0.1, 0.15) is 64.5 Å². The van der Waals surface area contributed by atoms with Gasteiger partial charge < -0.3 is 5.32 Å². The van der Waals surface area contributed by atoms with Crippen LogP contribution in [-0.4, -0.2) is 23.0 Å². The molecule has 1 unspecified atom stereocenters. The summed E-state index contributed by atoms with van der Waals surface area (Å²) in [5.41, 5.74) is 3.00. The number of nitrogens with one attached hydrogen (secondary N) is 1. The lowest BCUT2D eigenvalue weighted by Gasteiger charge is -2.27. The maximum Gasteiger partial charge on any atom is 0.0236 e. The zero-order chi connectivity index (χ0) is 15.3. The summed E-state index contributed by atoms with van der Waals surface area (Å²) in [5, 5.41) is 3.54. The van der Waals surface area contributed by atoms with E-state index >= 15 is 0 Å². The number of benzene rings is 1. The minimum absolute atomic E-state index is 0.181. The molecular formula is C19H32N2. The highest BCUT2D eigenvalue weighted by atomic mass is 15.1. The molecule has 0 aromatic heterocycles. The highest BCUT2D eigenvalue weighted by Gasteiger charge is 2.16. The molecule has 0 radical (unpaired) electrons. The fourth-order valence-corrected chi connectivity index (χ4v) is 2.93. The van der Waals surface area contributed by atoms with Crippen LogP contribution in [0, 0.1) is 0 Å². The maximum absolute atomic E-state index is 3.54. The number of nitrogens with zero attached hydrogens (tertiary/aromatic N) is 1. The van der Waals surface area contributed by atoms with Crippen LogP contribution in [0.15, 0.2) is 24.3 Å². The van der Waals surface area contributed by atoms with Gasteiger partial charge in [-0.05, 0) is 58.2 Å². The lowest BCUT2D eigenvalue weighted by molar-refractivity contribution is 0.205. The zero-order valence-corrected chi connectivity index (χ0v) is 14.3. The van der Waals surface area contributed by atoms with Gasteiger partial charge in [-0.2, -0.15) is 0 Å². The van der Waals surface area contributed by atoms with E-state index in [-0.39, 0.29) is 5.54 Å². The van der Waals surface area contributed by atoms with Crippen molar-refractivity contribution in [2.45, 2.75) is 78.0 Å². The molecule has 21 heavy (non-hydrogen) atoms. The average molecular weight is 288 g/mol. The minimum Gasteiger partial charge on any atom is -0.308 e. The van der Waals surface area contributed by atoms with Gasteiger partial charge in [0.15, 0.2) is 0 Å². The Bertz CT molecular complexity index is 416. The quantitative estimate of drug-likeness (QED) is 0.886. The molecule has 1 aliphatic heterocycles. The molecule has 0 spiro atoms. The molecular weight excluding hydrogens is 256 g/mol. The SMILES string of the molecule is CC1CCCCCN1Cc1ccc(CNC(C)(C)C)cc1. The second-order valence-corrected chi connectivity index (χ2v) is 7.59. The Labute approximate surface area is 130 Å². The first-order chi connectivity index (χ1) is 9.94. The van der Waals surface area contributed by atoms with E-state index in [0.29, 0.717) is 0 Å². The van der Waals surface area contributed by atoms with Crippen LogP contribution >= 0.6 is 0 Å². The average Bonchev–Trinajstić information content (AvgIpc) is 2.63. The molecule has 1 N–H and O–H groups in total. The molecule has 1 aromatic carbocycles. The van der Waals surface area contributed by atoms with Gasteiger partial charge in [0.25, 0.3) is 0 Å². The van der Waals surface area contributed by atoms with Crippen molar-refractivity contribution in [2.24, 2.45) is 0 Å². The Kier molecular flexibility index (Phi) is 5.83. The van der Waals surface area contributed by atoms with Crippen molar-refractivity contribution < 1.29 is 0 Å². The van der Waals surface area contributed by atoms with Gasteiger partial charge in [-0.25, -0.2) is 0 Å². The third kappa shape index (κ3) is 5.80. The summed E-state index contributed by atoms with van der Waals surface area (Å²) >= 11 is 0. The highest BCUT2D eigenvalue weighted by Crippen LogP contribution is 2.19. The maximum atomic E-state index is 3.54. The van der Waals surface area contributed by atoms with E-state index in [0.717, 1.165) is 19.1 Å². The van der Waals surface area contributed by atoms with Crippen molar-refractivity contribution >= 4 is 0 Å². The van der Waals surface area contributed by atoms with Crippen molar-refractivity contribution in [1.82, 2.24) is 10.2 Å². The van der Waals surface area contributed by atoms with Crippen LogP contribution in [0.5, 0.6) is 0 Å². The van der Waals surface area contributed by atoms with Gasteiger partial charge >= 0.3 is 0 Å². The topological polar surface area (TPSA) is 15.3 Å². The van der Waals surface area contributed by atoms with Crippen molar-refractivity contribution in [3.63, 3.8) is 0 Å². The third-order valence-electron chi connectivity index (χ3n) is 4.42. The lowest BCUT2D eigenvalue weighted by atomic mass is 10.1. The Hall–Kier alpha value is -0.860. The van der Waals surface area contributed by atoms with Crippen LogP contribution in [0.2, 0.25) is 0 Å². The first-order valence-electron chi connectivity index (χ1n) is 8.51. The molecule has 0 bridgehead atoms. The van der Waals surface area contributed by atoms with Gasteiger partial charge in [0.05, 0.1) is 0 Å². The fourth-order valence-electron chi connectivity index (χ4n) is 2.93. The first kappa shape index (κ1) is 16.5. The minimum atomic E-state index is 0.181. The summed E-state index contributed by atoms with van der Waals surface area (Å²) in [4.78, 5) is 2.65. The molecule has 1 aromatic rings. The van der Waals surface area contributed by atoms with Gasteiger partial charge in [0, 0.05) is 24.7 Å². The van der Waals surface area contributed by atoms with Crippen molar-refractivity contribution in [3.8, 4) is 0 Å². The van der Waals surface area contributed by atoms with E-state index in [9.17, 15) is 0 Å². The molecule has 2 nitrogen and oxygen atoms in total. The first-order valence-corrected chi connectivity index (χ1v) is 8.51. The molecule has 1 fully saturated rings. The second kappa shape index (κ2) is 7.42. The number of rotatable bonds is 4. The normalized spacial score (nSPS) is 21.2. The zero-order valence-electron chi connectivity index (χ0n) is 14.3. The van der Waals surface area contributed by atoms with Gasteiger partial charge in [-0.1, -0.05) is 37.1 Å². The Morgan fingerprint density at radius 3 is 2.38 bits per heavy atom. The van der Waals surface area contributed by atoms with E-state index in [4.69, 9.17) is 0 Å². The third-order valence-corrected chi connectivity index (χ3v) is 4.42. The van der Waals surface area contributed by atoms with E-state index in [2.05, 4.69) is 62.2 Å². The summed E-state index contributed by atoms with van der Waals surface area (Å²) in [5.74, 6) is 0. The van der Waals surface area contributed by atoms with Gasteiger partial charge in [0.1, 0.15) is 0 Å². The molecule has 1 saturated heterocycles. The summed E-state index contributed by atoms with van der Waals surface area (Å²) in [6, 6.07) is 9.89. The number of likely N-dealkylation sites (tertiary alicyclic amines) is 1. The van der Waals surface area contributed by atoms with E-state index < -0.39 is 0 Å². The fraction of sp³-hybridized carbons (Fsp3) is 0.684. The molecule has 0 amide bonds. The molecule has 118 valence electrons. The van der Waals surface area contributed by atoms with Crippen molar-refractivity contribution in [2.75, 3.05) is 6.54 Å². The predicted octanol–water partition coefficient (Wildman–Crippen LogP) is 4.34. The molecule has 1 atom stereocenters. The monoisotopic (exact) mass is 288 g/mol. The molecule has 2 rings (SSSR count). The van der Waals surface area contributed by atoms with E-state index in [1.54, 1.807) is 0 Å². The van der Waals surface area contributed by atoms with Crippen LogP contribution in [0.3, 0.4) is 0 Å². The predicted molar refractivity (Wildman–Crippen MR) is 91.4 cm³/mol. The Balaban J connectivity index is 1.89. The van der Waals surface area contributed by atoms with Crippen LogP contribution in [-0.2, 0) is 13.1 Å². The molecule has 2 heteroatoms. The number of hydrogen-bond acceptors (Lipinski definition) is 2. The Morgan fingerprint density at radius 2 is 1.71 bits per heavy atom. The summed E-state index contributed by atoms with van der Waals surface area (Å²) in [7, 11) is 0. The molecule has 1 heterocycles. The Morgan fingerprint density at radius 1 is 1.05 bits per heavy atom. The summed E-state index contributed by atoms with van der Waals surface area (Å²) in [6.45, 7) is 12.3. The molecule has 0 saturated carbocycles. The van der Waals surface area contributed by atoms with Crippen LogP contribution in [0.25, 0.3) is 0 Å². The molecule has 0 aliphatic carbocycles. The summed E-state index contributed by atoms with van der Waals surface area (Å²) in [6.07, 6.45) is 5.51. The standard InChI is InChI=1S/C19H32N2/c1-16-8-6-5-7-13-21(16)15-18-11-9-17(10-12-18)14-20-19(2,3)4/h9-12,16,20H,5-8,13-15H2,1-4H3. The van der Waals surface area contributed by atoms with Crippen molar-refractivity contribution in [3.05, 3.63) is 35.4 Å². The smallest absolute Gasteiger partial charge is 0.0236 e. The van der Waals surface area contributed by atoms with Crippen LogP contribution < -0.4 is 5.32 Å². The lowest BCUT2D eigenvalue weighted by Crippen LogP contribution is -2.35. The van der Waals surface area contributed by atoms with E-state index in [1.165, 1.54) is 43.4 Å². The largest absolute Gasteiger partial charge is 0.308 e. The van der Waals surface area contributed by atoms with Crippen molar-refractivity contribution in [1.29, 1.82) is 0 Å². The van der Waals surface area contributed by atoms with Gasteiger partial charge in [-0.3, -0.25) is 4.90 Å². The van der Waals surface area contributed by atoms with Gasteiger partial charge in [-0.15, -0.1) is 0 Å². The second-order valence-electron chi connectivity index (χ2n) is 7.59. The highest BCUT2D eigenvalue weighted by molar-refractivity contribution is 5.22. The van der Waals surface area contributed by atoms with Gasteiger partial charge in [0.2, 0.25) is 0 Å². The molecule has 1 aliphatic rings. The van der Waals surface area contributed by atoms with E-state index in [1.807, 2.05) is 0 Å². The van der Waals surface area contributed by atoms with Crippen LogP contribution in [0.4, 0.5) is 0 Å². The summed E-state index contributed by atoms with van der Waals surface area (Å²) < 4.78 is 0.